The lowest BCUT2D eigenvalue weighted by Crippen LogP contribution is -1.93. The fourth-order valence-electron chi connectivity index (χ4n) is 1.82. The first-order chi connectivity index (χ1) is 9.28. The highest BCUT2D eigenvalue weighted by Gasteiger charge is 2.11. The Morgan fingerprint density at radius 1 is 1.21 bits per heavy atom. The first-order valence-corrected chi connectivity index (χ1v) is 6.93. The quantitative estimate of drug-likeness (QED) is 0.681. The van der Waals surface area contributed by atoms with E-state index in [-0.39, 0.29) is 0 Å². The van der Waals surface area contributed by atoms with Crippen LogP contribution in [0.4, 0.5) is 0 Å². The lowest BCUT2D eigenvalue weighted by atomic mass is 10.2. The number of aromatic nitrogens is 2. The van der Waals surface area contributed by atoms with Crippen LogP contribution in [0.15, 0.2) is 47.3 Å². The normalized spacial score (nSPS) is 10.6. The Kier molecular flexibility index (Phi) is 3.19. The Labute approximate surface area is 119 Å². The van der Waals surface area contributed by atoms with Gasteiger partial charge in [0.15, 0.2) is 6.29 Å². The molecule has 2 aromatic heterocycles. The number of thiophene rings is 1. The molecule has 0 bridgehead atoms. The van der Waals surface area contributed by atoms with Crippen molar-refractivity contribution in [2.24, 2.45) is 0 Å². The third kappa shape index (κ3) is 2.32. The van der Waals surface area contributed by atoms with Crippen molar-refractivity contribution >= 4 is 29.2 Å². The molecular weight excluding hydrogens is 280 g/mol. The summed E-state index contributed by atoms with van der Waals surface area (Å²) in [5.74, 6) is 0. The molecule has 0 radical (unpaired) electrons. The van der Waals surface area contributed by atoms with Gasteiger partial charge in [-0.1, -0.05) is 11.6 Å². The average Bonchev–Trinajstić information content (AvgIpc) is 3.08. The fourth-order valence-corrected chi connectivity index (χ4v) is 2.59. The van der Waals surface area contributed by atoms with Gasteiger partial charge in [0.2, 0.25) is 0 Å². The van der Waals surface area contributed by atoms with Crippen molar-refractivity contribution in [3.05, 3.63) is 57.9 Å². The number of carbonyl (C=O) groups is 1. The molecule has 0 spiro atoms. The molecule has 0 saturated carbocycles. The third-order valence-corrected chi connectivity index (χ3v) is 3.69. The maximum Gasteiger partial charge on any atom is 0.153 e. The van der Waals surface area contributed by atoms with Crippen molar-refractivity contribution in [3.63, 3.8) is 0 Å². The molecule has 0 fully saturated rings. The van der Waals surface area contributed by atoms with Crippen molar-refractivity contribution in [2.75, 3.05) is 0 Å². The lowest BCUT2D eigenvalue weighted by Gasteiger charge is -2.00. The van der Waals surface area contributed by atoms with Crippen LogP contribution in [0, 0.1) is 0 Å². The van der Waals surface area contributed by atoms with E-state index in [2.05, 4.69) is 5.10 Å². The number of rotatable bonds is 3. The third-order valence-electron chi connectivity index (χ3n) is 2.76. The van der Waals surface area contributed by atoms with Gasteiger partial charge in [0, 0.05) is 22.2 Å². The van der Waals surface area contributed by atoms with E-state index in [1.807, 2.05) is 29.0 Å². The van der Waals surface area contributed by atoms with Gasteiger partial charge < -0.3 is 0 Å². The van der Waals surface area contributed by atoms with E-state index in [1.54, 1.807) is 34.3 Å². The second-order valence-electron chi connectivity index (χ2n) is 3.98. The fraction of sp³-hybridized carbons (Fsp3) is 0. The van der Waals surface area contributed by atoms with Crippen molar-refractivity contribution in [1.82, 2.24) is 9.78 Å². The molecule has 1 aromatic carbocycles. The summed E-state index contributed by atoms with van der Waals surface area (Å²) in [6.07, 6.45) is 2.55. The molecule has 3 nitrogen and oxygen atoms in total. The number of hydrogen-bond donors (Lipinski definition) is 0. The van der Waals surface area contributed by atoms with Gasteiger partial charge in [-0.3, -0.25) is 4.79 Å². The molecule has 2 heterocycles. The molecule has 0 amide bonds. The van der Waals surface area contributed by atoms with Crippen LogP contribution in [-0.2, 0) is 0 Å². The van der Waals surface area contributed by atoms with Crippen molar-refractivity contribution < 1.29 is 4.79 Å². The predicted molar refractivity (Wildman–Crippen MR) is 77.3 cm³/mol. The zero-order valence-corrected chi connectivity index (χ0v) is 11.4. The van der Waals surface area contributed by atoms with Gasteiger partial charge in [0.25, 0.3) is 0 Å². The predicted octanol–water partition coefficient (Wildman–Crippen LogP) is 4.07. The standard InChI is InChI=1S/C14H9ClN2OS/c15-12-1-3-13(4-2-12)17-7-11(8-18)14(16-17)10-5-6-19-9-10/h1-9H. The van der Waals surface area contributed by atoms with Gasteiger partial charge in [-0.15, -0.1) is 0 Å². The summed E-state index contributed by atoms with van der Waals surface area (Å²) in [4.78, 5) is 11.2. The second kappa shape index (κ2) is 4.99. The van der Waals surface area contributed by atoms with Gasteiger partial charge >= 0.3 is 0 Å². The van der Waals surface area contributed by atoms with Crippen LogP contribution in [0.1, 0.15) is 10.4 Å². The number of nitrogens with zero attached hydrogens (tertiary/aromatic N) is 2. The summed E-state index contributed by atoms with van der Waals surface area (Å²) in [5.41, 5.74) is 3.10. The number of halogens is 1. The maximum absolute atomic E-state index is 11.2. The van der Waals surface area contributed by atoms with E-state index in [4.69, 9.17) is 11.6 Å². The molecule has 0 saturated heterocycles. The summed E-state index contributed by atoms with van der Waals surface area (Å²) in [7, 11) is 0. The molecule has 3 rings (SSSR count). The van der Waals surface area contributed by atoms with E-state index in [1.165, 1.54) is 0 Å². The molecule has 0 unspecified atom stereocenters. The van der Waals surface area contributed by atoms with Crippen LogP contribution in [0.2, 0.25) is 5.02 Å². The molecule has 0 aliphatic carbocycles. The van der Waals surface area contributed by atoms with E-state index < -0.39 is 0 Å². The van der Waals surface area contributed by atoms with Crippen LogP contribution < -0.4 is 0 Å². The lowest BCUT2D eigenvalue weighted by molar-refractivity contribution is 0.112. The van der Waals surface area contributed by atoms with E-state index >= 15 is 0 Å². The van der Waals surface area contributed by atoms with Crippen molar-refractivity contribution in [2.45, 2.75) is 0 Å². The smallest absolute Gasteiger partial charge is 0.153 e. The van der Waals surface area contributed by atoms with Crippen LogP contribution >= 0.6 is 22.9 Å². The summed E-state index contributed by atoms with van der Waals surface area (Å²) in [6, 6.07) is 9.27. The molecule has 0 atom stereocenters. The van der Waals surface area contributed by atoms with Crippen LogP contribution in [0.3, 0.4) is 0 Å². The summed E-state index contributed by atoms with van der Waals surface area (Å²) in [6.45, 7) is 0. The van der Waals surface area contributed by atoms with Gasteiger partial charge in [-0.05, 0) is 35.7 Å². The van der Waals surface area contributed by atoms with Gasteiger partial charge in [0.05, 0.1) is 11.3 Å². The zero-order valence-electron chi connectivity index (χ0n) is 9.79. The highest BCUT2D eigenvalue weighted by Crippen LogP contribution is 2.25. The average molecular weight is 289 g/mol. The first-order valence-electron chi connectivity index (χ1n) is 5.61. The topological polar surface area (TPSA) is 34.9 Å². The van der Waals surface area contributed by atoms with Gasteiger partial charge in [0.1, 0.15) is 5.69 Å². The SMILES string of the molecule is O=Cc1cn(-c2ccc(Cl)cc2)nc1-c1ccsc1. The number of carbonyl (C=O) groups excluding carboxylic acids is 1. The zero-order chi connectivity index (χ0) is 13.2. The molecule has 0 N–H and O–H groups in total. The maximum atomic E-state index is 11.2. The van der Waals surface area contributed by atoms with E-state index in [9.17, 15) is 4.79 Å². The number of aldehydes is 1. The highest BCUT2D eigenvalue weighted by molar-refractivity contribution is 7.08. The molecule has 3 aromatic rings. The van der Waals surface area contributed by atoms with E-state index in [0.717, 1.165) is 17.5 Å². The Balaban J connectivity index is 2.09. The molecule has 5 heteroatoms. The summed E-state index contributed by atoms with van der Waals surface area (Å²) in [5, 5.41) is 9.08. The van der Waals surface area contributed by atoms with E-state index in [0.29, 0.717) is 16.3 Å². The minimum atomic E-state index is 0.577. The Hall–Kier alpha value is -1.91. The monoisotopic (exact) mass is 288 g/mol. The summed E-state index contributed by atoms with van der Waals surface area (Å²) >= 11 is 7.44. The second-order valence-corrected chi connectivity index (χ2v) is 5.20. The van der Waals surface area contributed by atoms with Gasteiger partial charge in [-0.25, -0.2) is 4.68 Å². The number of benzene rings is 1. The van der Waals surface area contributed by atoms with Crippen LogP contribution in [0.5, 0.6) is 0 Å². The van der Waals surface area contributed by atoms with Crippen molar-refractivity contribution in [3.8, 4) is 16.9 Å². The molecule has 19 heavy (non-hydrogen) atoms. The molecular formula is C14H9ClN2OS. The number of hydrogen-bond acceptors (Lipinski definition) is 3. The molecule has 0 aliphatic rings. The van der Waals surface area contributed by atoms with Crippen LogP contribution in [0.25, 0.3) is 16.9 Å². The molecule has 94 valence electrons. The highest BCUT2D eigenvalue weighted by atomic mass is 35.5. The van der Waals surface area contributed by atoms with Gasteiger partial charge in [-0.2, -0.15) is 16.4 Å². The van der Waals surface area contributed by atoms with Crippen molar-refractivity contribution in [1.29, 1.82) is 0 Å². The first kappa shape index (κ1) is 12.1. The Bertz CT molecular complexity index is 702. The largest absolute Gasteiger partial charge is 0.298 e. The Morgan fingerprint density at radius 2 is 2.00 bits per heavy atom. The molecule has 0 aliphatic heterocycles. The minimum Gasteiger partial charge on any atom is -0.298 e. The Morgan fingerprint density at radius 3 is 2.63 bits per heavy atom. The van der Waals surface area contributed by atoms with Crippen LogP contribution in [-0.4, -0.2) is 16.1 Å². The minimum absolute atomic E-state index is 0.577. The summed E-state index contributed by atoms with van der Waals surface area (Å²) < 4.78 is 1.69.